The molecule has 3 aromatic heterocycles. The van der Waals surface area contributed by atoms with Crippen LogP contribution in [0.1, 0.15) is 35.6 Å². The van der Waals surface area contributed by atoms with Gasteiger partial charge >= 0.3 is 0 Å². The van der Waals surface area contributed by atoms with Gasteiger partial charge in [0.15, 0.2) is 0 Å². The summed E-state index contributed by atoms with van der Waals surface area (Å²) >= 11 is 1.58. The Balaban J connectivity index is 1.59. The van der Waals surface area contributed by atoms with Crippen molar-refractivity contribution in [3.05, 3.63) is 63.0 Å². The molecule has 0 saturated carbocycles. The molecule has 1 fully saturated rings. The highest BCUT2D eigenvalue weighted by Crippen LogP contribution is 2.33. The van der Waals surface area contributed by atoms with Gasteiger partial charge in [0.25, 0.3) is 5.56 Å². The number of H-pyrrole nitrogens is 1. The van der Waals surface area contributed by atoms with Crippen LogP contribution >= 0.6 is 11.3 Å². The number of piperidine rings is 1. The molecule has 4 aromatic rings. The van der Waals surface area contributed by atoms with Crippen molar-refractivity contribution in [2.45, 2.75) is 32.6 Å². The summed E-state index contributed by atoms with van der Waals surface area (Å²) in [5.74, 6) is 0.343. The van der Waals surface area contributed by atoms with E-state index in [1.165, 1.54) is 11.1 Å². The van der Waals surface area contributed by atoms with Crippen molar-refractivity contribution in [2.24, 2.45) is 0 Å². The second-order valence-electron chi connectivity index (χ2n) is 7.76. The second-order valence-corrected chi connectivity index (χ2v) is 8.62. The normalized spacial score (nSPS) is 15.2. The molecule has 0 aliphatic carbocycles. The van der Waals surface area contributed by atoms with Crippen LogP contribution in [0.25, 0.3) is 27.5 Å². The number of nitrogens with one attached hydrogen (secondary N) is 2. The molecule has 0 atom stereocenters. The highest BCUT2D eigenvalue weighted by Gasteiger charge is 2.21. The molecule has 1 aromatic carbocycles. The summed E-state index contributed by atoms with van der Waals surface area (Å²) < 4.78 is 1.89. The number of aromatic nitrogens is 4. The molecular weight excluding hydrogens is 382 g/mol. The van der Waals surface area contributed by atoms with Crippen LogP contribution in [0.5, 0.6) is 0 Å². The summed E-state index contributed by atoms with van der Waals surface area (Å²) in [7, 11) is 0. The van der Waals surface area contributed by atoms with Crippen molar-refractivity contribution in [2.75, 3.05) is 13.1 Å². The molecule has 1 aliphatic heterocycles. The highest BCUT2D eigenvalue weighted by atomic mass is 32.1. The maximum Gasteiger partial charge on any atom is 0.251 e. The van der Waals surface area contributed by atoms with E-state index in [2.05, 4.69) is 52.8 Å². The van der Waals surface area contributed by atoms with Gasteiger partial charge in [-0.2, -0.15) is 5.10 Å². The fraction of sp³-hybridized carbons (Fsp3) is 0.318. The molecule has 0 bridgehead atoms. The van der Waals surface area contributed by atoms with Crippen LogP contribution in [-0.2, 0) is 0 Å². The van der Waals surface area contributed by atoms with Crippen LogP contribution < -0.4 is 10.9 Å². The zero-order valence-electron chi connectivity index (χ0n) is 16.5. The molecule has 0 radical (unpaired) electrons. The van der Waals surface area contributed by atoms with Crippen molar-refractivity contribution in [1.29, 1.82) is 0 Å². The molecule has 1 aliphatic rings. The third-order valence-corrected chi connectivity index (χ3v) is 6.56. The van der Waals surface area contributed by atoms with Gasteiger partial charge in [0.1, 0.15) is 10.7 Å². The van der Waals surface area contributed by atoms with E-state index in [4.69, 9.17) is 4.98 Å². The fourth-order valence-corrected chi connectivity index (χ4v) is 5.03. The zero-order valence-corrected chi connectivity index (χ0v) is 17.3. The van der Waals surface area contributed by atoms with Crippen LogP contribution in [0.3, 0.4) is 0 Å². The van der Waals surface area contributed by atoms with E-state index in [1.54, 1.807) is 17.4 Å². The molecule has 0 amide bonds. The quantitative estimate of drug-likeness (QED) is 0.542. The molecule has 2 N–H and O–H groups in total. The van der Waals surface area contributed by atoms with Crippen molar-refractivity contribution < 1.29 is 0 Å². The smallest absolute Gasteiger partial charge is 0.251 e. The Kier molecular flexibility index (Phi) is 4.56. The SMILES string of the molecule is Cc1ccc(-c2csc(-c3cnn4c(C5CCNCC5)cc(=O)[nH]c34)n2)c(C)c1. The monoisotopic (exact) mass is 405 g/mol. The van der Waals surface area contributed by atoms with Gasteiger partial charge in [0.05, 0.1) is 23.1 Å². The van der Waals surface area contributed by atoms with Crippen molar-refractivity contribution >= 4 is 17.0 Å². The standard InChI is InChI=1S/C22H23N5OS/c1-13-3-4-16(14(2)9-13)18-12-29-22(25-18)17-11-24-27-19(10-20(28)26-21(17)27)15-5-7-23-8-6-15/h3-4,9-12,15,23H,5-8H2,1-2H3,(H,26,28). The number of nitrogens with zero attached hydrogens (tertiary/aromatic N) is 3. The second kappa shape index (κ2) is 7.24. The first-order valence-electron chi connectivity index (χ1n) is 9.95. The molecule has 148 valence electrons. The van der Waals surface area contributed by atoms with Gasteiger partial charge in [-0.3, -0.25) is 4.79 Å². The molecule has 6 nitrogen and oxygen atoms in total. The van der Waals surface area contributed by atoms with Crippen molar-refractivity contribution in [3.8, 4) is 21.8 Å². The number of fused-ring (bicyclic) bond motifs is 1. The Morgan fingerprint density at radius 1 is 1.14 bits per heavy atom. The Bertz CT molecular complexity index is 1250. The van der Waals surface area contributed by atoms with Gasteiger partial charge in [-0.05, 0) is 45.3 Å². The van der Waals surface area contributed by atoms with Crippen LogP contribution in [0.15, 0.2) is 40.6 Å². The van der Waals surface area contributed by atoms with Crippen LogP contribution in [0.2, 0.25) is 0 Å². The lowest BCUT2D eigenvalue weighted by molar-refractivity contribution is 0.446. The summed E-state index contributed by atoms with van der Waals surface area (Å²) in [6, 6.07) is 8.10. The maximum atomic E-state index is 12.4. The van der Waals surface area contributed by atoms with Crippen LogP contribution in [0.4, 0.5) is 0 Å². The van der Waals surface area contributed by atoms with E-state index < -0.39 is 0 Å². The Morgan fingerprint density at radius 2 is 1.97 bits per heavy atom. The molecule has 29 heavy (non-hydrogen) atoms. The largest absolute Gasteiger partial charge is 0.317 e. The lowest BCUT2D eigenvalue weighted by Crippen LogP contribution is -2.28. The average molecular weight is 406 g/mol. The highest BCUT2D eigenvalue weighted by molar-refractivity contribution is 7.13. The third kappa shape index (κ3) is 3.30. The molecule has 1 saturated heterocycles. The minimum absolute atomic E-state index is 0.0843. The lowest BCUT2D eigenvalue weighted by Gasteiger charge is -2.23. The van der Waals surface area contributed by atoms with E-state index in [0.717, 1.165) is 59.1 Å². The maximum absolute atomic E-state index is 12.4. The van der Waals surface area contributed by atoms with Gasteiger partial charge < -0.3 is 10.3 Å². The Labute approximate surface area is 172 Å². The summed E-state index contributed by atoms with van der Waals surface area (Å²) in [6.07, 6.45) is 3.85. The number of benzene rings is 1. The fourth-order valence-electron chi connectivity index (χ4n) is 4.20. The molecule has 4 heterocycles. The lowest BCUT2D eigenvalue weighted by atomic mass is 9.94. The summed E-state index contributed by atoms with van der Waals surface area (Å²) in [5, 5.41) is 10.9. The van der Waals surface area contributed by atoms with Crippen molar-refractivity contribution in [1.82, 2.24) is 24.9 Å². The van der Waals surface area contributed by atoms with E-state index in [1.807, 2.05) is 10.7 Å². The molecule has 5 rings (SSSR count). The summed E-state index contributed by atoms with van der Waals surface area (Å²) in [4.78, 5) is 20.3. The first-order valence-corrected chi connectivity index (χ1v) is 10.8. The molecular formula is C22H23N5OS. The Morgan fingerprint density at radius 3 is 2.76 bits per heavy atom. The zero-order chi connectivity index (χ0) is 20.0. The van der Waals surface area contributed by atoms with Crippen LogP contribution in [-0.4, -0.2) is 32.7 Å². The number of hydrogen-bond acceptors (Lipinski definition) is 5. The van der Waals surface area contributed by atoms with Gasteiger partial charge in [-0.25, -0.2) is 9.50 Å². The first-order chi connectivity index (χ1) is 14.1. The van der Waals surface area contributed by atoms with Gasteiger partial charge in [-0.1, -0.05) is 23.8 Å². The number of thiazole rings is 1. The molecule has 0 unspecified atom stereocenters. The first kappa shape index (κ1) is 18.3. The molecule has 7 heteroatoms. The summed E-state index contributed by atoms with van der Waals surface area (Å²) in [6.45, 7) is 6.15. The Hall–Kier alpha value is -2.77. The number of rotatable bonds is 3. The van der Waals surface area contributed by atoms with Crippen LogP contribution in [0, 0.1) is 13.8 Å². The summed E-state index contributed by atoms with van der Waals surface area (Å²) in [5.41, 5.74) is 7.06. The van der Waals surface area contributed by atoms with E-state index in [9.17, 15) is 4.79 Å². The van der Waals surface area contributed by atoms with Gasteiger partial charge in [-0.15, -0.1) is 11.3 Å². The predicted octanol–water partition coefficient (Wildman–Crippen LogP) is 3.90. The van der Waals surface area contributed by atoms with E-state index >= 15 is 0 Å². The van der Waals surface area contributed by atoms with E-state index in [-0.39, 0.29) is 5.56 Å². The van der Waals surface area contributed by atoms with Gasteiger partial charge in [0.2, 0.25) is 0 Å². The number of aryl methyl sites for hydroxylation is 2. The number of hydrogen-bond donors (Lipinski definition) is 2. The minimum Gasteiger partial charge on any atom is -0.317 e. The third-order valence-electron chi connectivity index (χ3n) is 5.68. The molecule has 0 spiro atoms. The number of aromatic amines is 1. The van der Waals surface area contributed by atoms with Crippen molar-refractivity contribution in [3.63, 3.8) is 0 Å². The predicted molar refractivity (Wildman–Crippen MR) is 117 cm³/mol. The van der Waals surface area contributed by atoms with E-state index in [0.29, 0.717) is 5.92 Å². The average Bonchev–Trinajstić information content (AvgIpc) is 3.35. The minimum atomic E-state index is -0.0843. The topological polar surface area (TPSA) is 75.1 Å². The van der Waals surface area contributed by atoms with Gasteiger partial charge in [0, 0.05) is 22.9 Å².